The molecule has 0 radical (unpaired) electrons. The number of aromatic amines is 1. The third-order valence-electron chi connectivity index (χ3n) is 5.58. The molecular formula is C22H26BrFN3O9P. The Hall–Kier alpha value is -2.48. The van der Waals surface area contributed by atoms with E-state index in [2.05, 4.69) is 25.4 Å². The van der Waals surface area contributed by atoms with E-state index in [1.807, 2.05) is 4.98 Å². The molecule has 1 aromatic carbocycles. The van der Waals surface area contributed by atoms with Gasteiger partial charge in [0.2, 0.25) is 0 Å². The predicted octanol–water partition coefficient (Wildman–Crippen LogP) is 1.76. The van der Waals surface area contributed by atoms with Gasteiger partial charge in [-0.05, 0) is 37.1 Å². The smallest absolute Gasteiger partial charge is 0.346 e. The molecule has 1 aliphatic heterocycles. The quantitative estimate of drug-likeness (QED) is 0.246. The molecule has 1 aliphatic rings. The van der Waals surface area contributed by atoms with E-state index >= 15 is 4.39 Å². The summed E-state index contributed by atoms with van der Waals surface area (Å²) in [5.74, 6) is -0.941. The number of aliphatic hydroxyl groups is 1. The molecule has 37 heavy (non-hydrogen) atoms. The Morgan fingerprint density at radius 2 is 1.97 bits per heavy atom. The van der Waals surface area contributed by atoms with Gasteiger partial charge in [-0.1, -0.05) is 34.5 Å². The Labute approximate surface area is 220 Å². The molecule has 0 spiro atoms. The SMILES string of the molecule is COC(=O)[C@@H](N=[P+]([O-])OC(Oc1ccc(Br)cc1)[C@@H]1OC(n2ccc(=O)[nH]c2=O)[C@](C)(F)[C@@H]1O)C(C)C. The van der Waals surface area contributed by atoms with Gasteiger partial charge < -0.3 is 24.2 Å². The van der Waals surface area contributed by atoms with Crippen molar-refractivity contribution in [2.24, 2.45) is 10.7 Å². The molecule has 0 amide bonds. The highest BCUT2D eigenvalue weighted by atomic mass is 79.9. The second-order valence-electron chi connectivity index (χ2n) is 8.68. The predicted molar refractivity (Wildman–Crippen MR) is 130 cm³/mol. The van der Waals surface area contributed by atoms with Crippen molar-refractivity contribution in [3.8, 4) is 5.75 Å². The second kappa shape index (κ2) is 11.9. The van der Waals surface area contributed by atoms with Gasteiger partial charge in [0.15, 0.2) is 24.0 Å². The van der Waals surface area contributed by atoms with Gasteiger partial charge >= 0.3 is 19.8 Å². The molecule has 2 N–H and O–H groups in total. The number of hydrogen-bond acceptors (Lipinski definition) is 10. The third-order valence-corrected chi connectivity index (χ3v) is 6.94. The fourth-order valence-electron chi connectivity index (χ4n) is 3.57. The summed E-state index contributed by atoms with van der Waals surface area (Å²) in [6.45, 7) is 4.32. The van der Waals surface area contributed by atoms with E-state index in [1.165, 1.54) is 12.1 Å². The second-order valence-corrected chi connectivity index (χ2v) is 10.5. The number of nitrogens with one attached hydrogen (secondary N) is 1. The Kier molecular flexibility index (Phi) is 9.37. The molecule has 0 bridgehead atoms. The number of rotatable bonds is 9. The molecule has 1 aromatic heterocycles. The Morgan fingerprint density at radius 3 is 2.54 bits per heavy atom. The largest absolute Gasteiger partial charge is 0.583 e. The van der Waals surface area contributed by atoms with Crippen LogP contribution in [-0.2, 0) is 18.8 Å². The number of ether oxygens (including phenoxy) is 3. The fraction of sp³-hybridized carbons (Fsp3) is 0.500. The van der Waals surface area contributed by atoms with Crippen molar-refractivity contribution in [2.45, 2.75) is 57.2 Å². The van der Waals surface area contributed by atoms with Crippen molar-refractivity contribution < 1.29 is 37.9 Å². The van der Waals surface area contributed by atoms with Crippen LogP contribution in [0.5, 0.6) is 5.75 Å². The zero-order valence-electron chi connectivity index (χ0n) is 20.2. The summed E-state index contributed by atoms with van der Waals surface area (Å²) in [5, 5.41) is 10.8. The van der Waals surface area contributed by atoms with Crippen molar-refractivity contribution in [1.82, 2.24) is 9.55 Å². The topological polar surface area (TPSA) is 164 Å². The molecule has 1 saturated heterocycles. The van der Waals surface area contributed by atoms with Crippen molar-refractivity contribution in [3.05, 3.63) is 61.8 Å². The van der Waals surface area contributed by atoms with E-state index < -0.39 is 61.8 Å². The van der Waals surface area contributed by atoms with Crippen LogP contribution in [0.1, 0.15) is 27.0 Å². The van der Waals surface area contributed by atoms with Crippen LogP contribution in [-0.4, -0.2) is 57.9 Å². The summed E-state index contributed by atoms with van der Waals surface area (Å²) in [6, 6.07) is 6.18. The number of aromatic nitrogens is 2. The van der Waals surface area contributed by atoms with Gasteiger partial charge in [-0.2, -0.15) is 0 Å². The number of H-pyrrole nitrogens is 1. The summed E-state index contributed by atoms with van der Waals surface area (Å²) >= 11 is 3.28. The van der Waals surface area contributed by atoms with Gasteiger partial charge in [0, 0.05) is 16.7 Å². The van der Waals surface area contributed by atoms with Crippen LogP contribution < -0.4 is 20.9 Å². The maximum absolute atomic E-state index is 15.7. The first-order valence-electron chi connectivity index (χ1n) is 11.0. The number of halogens is 2. The number of aliphatic hydroxyl groups excluding tert-OH is 1. The van der Waals surface area contributed by atoms with Crippen LogP contribution in [0.2, 0.25) is 0 Å². The Bertz CT molecular complexity index is 1250. The lowest BCUT2D eigenvalue weighted by Gasteiger charge is -2.25. The number of esters is 1. The Morgan fingerprint density at radius 1 is 1.32 bits per heavy atom. The molecule has 2 heterocycles. The van der Waals surface area contributed by atoms with E-state index in [-0.39, 0.29) is 11.7 Å². The number of alkyl halides is 1. The van der Waals surface area contributed by atoms with Crippen LogP contribution in [0.25, 0.3) is 0 Å². The molecule has 3 rings (SSSR count). The minimum absolute atomic E-state index is 0.186. The van der Waals surface area contributed by atoms with E-state index in [1.54, 1.807) is 26.0 Å². The van der Waals surface area contributed by atoms with Crippen LogP contribution >= 0.6 is 24.1 Å². The minimum atomic E-state index is -2.97. The molecular weight excluding hydrogens is 580 g/mol. The highest BCUT2D eigenvalue weighted by Crippen LogP contribution is 2.43. The highest BCUT2D eigenvalue weighted by Gasteiger charge is 2.59. The standard InChI is InChI=1S/C22H26BrFN3O9P/c1-11(2)15(18(30)33-4)26-37(32)36-19(34-13-7-5-12(23)6-8-13)16-17(29)22(3,24)20(35-16)27-10-9-14(28)25-21(27)31/h5-11,15-17,19-20,29H,1-4H3,(H,25,28,31)/t15-,16+,17+,19?,20?,22+/m0/s1. The van der Waals surface area contributed by atoms with Crippen LogP contribution in [0.4, 0.5) is 4.39 Å². The first-order chi connectivity index (χ1) is 17.3. The number of hydrogen-bond donors (Lipinski definition) is 2. The average Bonchev–Trinajstić information content (AvgIpc) is 3.06. The van der Waals surface area contributed by atoms with Gasteiger partial charge in [-0.15, -0.1) is 4.52 Å². The van der Waals surface area contributed by atoms with Gasteiger partial charge in [0.05, 0.1) is 7.11 Å². The molecule has 1 fully saturated rings. The summed E-state index contributed by atoms with van der Waals surface area (Å²) < 4.78 is 42.7. The van der Waals surface area contributed by atoms with E-state index in [0.717, 1.165) is 35.3 Å². The van der Waals surface area contributed by atoms with Crippen molar-refractivity contribution in [3.63, 3.8) is 0 Å². The number of nitrogens with zero attached hydrogens (tertiary/aromatic N) is 2. The van der Waals surface area contributed by atoms with Crippen molar-refractivity contribution in [2.75, 3.05) is 7.11 Å². The van der Waals surface area contributed by atoms with Crippen LogP contribution in [0.15, 0.2) is 55.3 Å². The van der Waals surface area contributed by atoms with Crippen LogP contribution in [0, 0.1) is 5.92 Å². The van der Waals surface area contributed by atoms with Gasteiger partial charge in [-0.25, -0.2) is 14.0 Å². The van der Waals surface area contributed by atoms with Crippen molar-refractivity contribution >= 4 is 30.1 Å². The molecule has 3 unspecified atom stereocenters. The molecule has 7 atom stereocenters. The fourth-order valence-corrected chi connectivity index (χ4v) is 4.80. The summed E-state index contributed by atoms with van der Waals surface area (Å²) in [6.07, 6.45) is -5.95. The van der Waals surface area contributed by atoms with E-state index in [0.29, 0.717) is 0 Å². The van der Waals surface area contributed by atoms with E-state index in [9.17, 15) is 24.4 Å². The van der Waals surface area contributed by atoms with Gasteiger partial charge in [-0.3, -0.25) is 14.3 Å². The monoisotopic (exact) mass is 605 g/mol. The lowest BCUT2D eigenvalue weighted by molar-refractivity contribution is -0.206. The maximum atomic E-state index is 15.7. The van der Waals surface area contributed by atoms with Crippen molar-refractivity contribution in [1.29, 1.82) is 0 Å². The lowest BCUT2D eigenvalue weighted by atomic mass is 9.98. The van der Waals surface area contributed by atoms with Crippen LogP contribution in [0.3, 0.4) is 0 Å². The number of carbonyl (C=O) groups excluding carboxylic acids is 1. The Balaban J connectivity index is 1.98. The lowest BCUT2D eigenvalue weighted by Crippen LogP contribution is -2.46. The summed E-state index contributed by atoms with van der Waals surface area (Å²) in [5.41, 5.74) is -4.26. The number of carbonyl (C=O) groups is 1. The first-order valence-corrected chi connectivity index (χ1v) is 13.0. The zero-order valence-corrected chi connectivity index (χ0v) is 22.7. The third kappa shape index (κ3) is 6.70. The molecule has 202 valence electrons. The molecule has 12 nitrogen and oxygen atoms in total. The minimum Gasteiger partial charge on any atom is -0.583 e. The maximum Gasteiger partial charge on any atom is 0.346 e. The molecule has 15 heteroatoms. The molecule has 0 saturated carbocycles. The van der Waals surface area contributed by atoms with Gasteiger partial charge in [0.25, 0.3) is 11.8 Å². The zero-order chi connectivity index (χ0) is 27.5. The van der Waals surface area contributed by atoms with E-state index in [4.69, 9.17) is 14.0 Å². The summed E-state index contributed by atoms with van der Waals surface area (Å²) in [4.78, 5) is 50.6. The average molecular weight is 606 g/mol. The summed E-state index contributed by atoms with van der Waals surface area (Å²) in [7, 11) is -1.81. The number of benzene rings is 1. The molecule has 0 aliphatic carbocycles. The normalized spacial score (nSPS) is 25.6. The highest BCUT2D eigenvalue weighted by molar-refractivity contribution is 9.10. The van der Waals surface area contributed by atoms with Gasteiger partial charge in [0.1, 0.15) is 11.9 Å². The molecule has 2 aromatic rings. The number of methoxy groups -OCH3 is 1. The first kappa shape index (κ1) is 29.1.